The Balaban J connectivity index is 0.000000321. The summed E-state index contributed by atoms with van der Waals surface area (Å²) in [5, 5.41) is 0. The van der Waals surface area contributed by atoms with Crippen LogP contribution < -0.4 is 4.57 Å². The van der Waals surface area contributed by atoms with Gasteiger partial charge in [-0.25, -0.2) is 13.7 Å². The average molecular weight is 279 g/mol. The van der Waals surface area contributed by atoms with E-state index in [4.69, 9.17) is 4.89 Å². The van der Waals surface area contributed by atoms with Crippen molar-refractivity contribution in [2.75, 3.05) is 13.2 Å². The SMILES string of the molecule is CCOP(=O)(O)OCC.CCn1cc[n+](CC)c1. The van der Waals surface area contributed by atoms with Crippen molar-refractivity contribution in [3.05, 3.63) is 18.7 Å². The zero-order chi connectivity index (χ0) is 14.0. The minimum atomic E-state index is -3.69. The molecular weight excluding hydrogens is 255 g/mol. The predicted octanol–water partition coefficient (Wildman–Crippen LogP) is 1.98. The van der Waals surface area contributed by atoms with E-state index in [0.29, 0.717) is 0 Å². The molecule has 7 heteroatoms. The van der Waals surface area contributed by atoms with Crippen molar-refractivity contribution >= 4 is 7.82 Å². The maximum atomic E-state index is 10.5. The highest BCUT2D eigenvalue weighted by Gasteiger charge is 2.17. The van der Waals surface area contributed by atoms with Crippen molar-refractivity contribution in [2.45, 2.75) is 40.8 Å². The molecule has 0 spiro atoms. The molecule has 0 amide bonds. The van der Waals surface area contributed by atoms with E-state index < -0.39 is 7.82 Å². The molecule has 0 unspecified atom stereocenters. The molecule has 0 saturated heterocycles. The lowest BCUT2D eigenvalue weighted by atomic mass is 10.7. The predicted molar refractivity (Wildman–Crippen MR) is 69.1 cm³/mol. The van der Waals surface area contributed by atoms with E-state index in [0.717, 1.165) is 13.1 Å². The van der Waals surface area contributed by atoms with E-state index in [9.17, 15) is 4.57 Å². The molecule has 0 bridgehead atoms. The second-order valence-corrected chi connectivity index (χ2v) is 4.83. The molecule has 0 aliphatic heterocycles. The number of aromatic nitrogens is 2. The summed E-state index contributed by atoms with van der Waals surface area (Å²) >= 11 is 0. The first-order chi connectivity index (χ1) is 8.49. The number of rotatable bonds is 6. The lowest BCUT2D eigenvalue weighted by molar-refractivity contribution is -0.693. The monoisotopic (exact) mass is 279 g/mol. The van der Waals surface area contributed by atoms with Gasteiger partial charge in [0.2, 0.25) is 6.33 Å². The van der Waals surface area contributed by atoms with E-state index in [1.54, 1.807) is 13.8 Å². The van der Waals surface area contributed by atoms with Crippen LogP contribution in [-0.4, -0.2) is 22.7 Å². The van der Waals surface area contributed by atoms with Crippen molar-refractivity contribution in [3.8, 4) is 0 Å². The summed E-state index contributed by atoms with van der Waals surface area (Å²) in [5.41, 5.74) is 0. The molecule has 6 nitrogen and oxygen atoms in total. The van der Waals surface area contributed by atoms with Gasteiger partial charge in [-0.2, -0.15) is 0 Å². The Hall–Kier alpha value is -0.680. The summed E-state index contributed by atoms with van der Waals surface area (Å²) in [6.45, 7) is 10.0. The number of hydrogen-bond acceptors (Lipinski definition) is 3. The quantitative estimate of drug-likeness (QED) is 0.638. The highest BCUT2D eigenvalue weighted by molar-refractivity contribution is 7.47. The van der Waals surface area contributed by atoms with Crippen LogP contribution in [0.1, 0.15) is 27.7 Å². The van der Waals surface area contributed by atoms with Gasteiger partial charge < -0.3 is 4.89 Å². The summed E-state index contributed by atoms with van der Waals surface area (Å²) < 4.78 is 23.6. The van der Waals surface area contributed by atoms with Crippen LogP contribution in [0, 0.1) is 0 Å². The van der Waals surface area contributed by atoms with Crippen molar-refractivity contribution in [3.63, 3.8) is 0 Å². The normalized spacial score (nSPS) is 10.9. The Morgan fingerprint density at radius 1 is 1.22 bits per heavy atom. The first kappa shape index (κ1) is 17.3. The number of phosphoric ester groups is 1. The first-order valence-corrected chi connectivity index (χ1v) is 7.65. The maximum Gasteiger partial charge on any atom is 0.472 e. The molecule has 0 atom stereocenters. The molecule has 1 rings (SSSR count). The number of phosphoric acid groups is 1. The first-order valence-electron chi connectivity index (χ1n) is 6.15. The maximum absolute atomic E-state index is 10.5. The molecule has 0 aliphatic carbocycles. The number of aryl methyl sites for hydroxylation is 2. The summed E-state index contributed by atoms with van der Waals surface area (Å²) in [7, 11) is -3.69. The largest absolute Gasteiger partial charge is 0.472 e. The van der Waals surface area contributed by atoms with E-state index in [1.807, 2.05) is 0 Å². The van der Waals surface area contributed by atoms with Crippen molar-refractivity contribution in [1.82, 2.24) is 4.57 Å². The Morgan fingerprint density at radius 2 is 1.78 bits per heavy atom. The fraction of sp³-hybridized carbons (Fsp3) is 0.727. The van der Waals surface area contributed by atoms with Gasteiger partial charge in [-0.1, -0.05) is 0 Å². The van der Waals surface area contributed by atoms with Crippen molar-refractivity contribution in [2.24, 2.45) is 0 Å². The molecule has 0 fully saturated rings. The second kappa shape index (κ2) is 9.28. The molecule has 0 radical (unpaired) electrons. The molecule has 1 heterocycles. The van der Waals surface area contributed by atoms with Crippen LogP contribution in [0.15, 0.2) is 18.7 Å². The molecule has 0 saturated carbocycles. The van der Waals surface area contributed by atoms with Gasteiger partial charge in [0.15, 0.2) is 0 Å². The van der Waals surface area contributed by atoms with Gasteiger partial charge in [-0.3, -0.25) is 9.05 Å². The zero-order valence-corrected chi connectivity index (χ0v) is 12.5. The average Bonchev–Trinajstić information content (AvgIpc) is 2.77. The van der Waals surface area contributed by atoms with Crippen LogP contribution in [0.2, 0.25) is 0 Å². The van der Waals surface area contributed by atoms with Gasteiger partial charge in [-0.15, -0.1) is 0 Å². The second-order valence-electron chi connectivity index (χ2n) is 3.38. The van der Waals surface area contributed by atoms with Gasteiger partial charge in [0.25, 0.3) is 0 Å². The van der Waals surface area contributed by atoms with Crippen molar-refractivity contribution in [1.29, 1.82) is 0 Å². The molecule has 106 valence electrons. The molecule has 18 heavy (non-hydrogen) atoms. The van der Waals surface area contributed by atoms with Crippen LogP contribution in [-0.2, 0) is 26.7 Å². The van der Waals surface area contributed by atoms with Gasteiger partial charge in [-0.05, 0) is 27.7 Å². The third-order valence-corrected chi connectivity index (χ3v) is 3.23. The Kier molecular flexibility index (Phi) is 8.93. The van der Waals surface area contributed by atoms with Crippen LogP contribution in [0.4, 0.5) is 0 Å². The van der Waals surface area contributed by atoms with Gasteiger partial charge in [0, 0.05) is 0 Å². The molecule has 0 aliphatic rings. The van der Waals surface area contributed by atoms with E-state index in [1.165, 1.54) is 0 Å². The Morgan fingerprint density at radius 3 is 2.06 bits per heavy atom. The molecule has 0 aromatic carbocycles. The smallest absolute Gasteiger partial charge is 0.302 e. The van der Waals surface area contributed by atoms with Crippen LogP contribution in [0.3, 0.4) is 0 Å². The summed E-state index contributed by atoms with van der Waals surface area (Å²) in [4.78, 5) is 8.63. The Bertz CT molecular complexity index is 339. The Labute approximate surface area is 109 Å². The van der Waals surface area contributed by atoms with Gasteiger partial charge in [0.1, 0.15) is 12.4 Å². The number of imidazole rings is 1. The summed E-state index contributed by atoms with van der Waals surface area (Å²) in [6, 6.07) is 0. The molecule has 1 aromatic rings. The zero-order valence-electron chi connectivity index (χ0n) is 11.6. The standard InChI is InChI=1S/C7H13N2.C4H11O4P/c1-3-8-5-6-9(4-2)7-8;1-3-7-9(5,6)8-4-2/h5-7H,3-4H2,1-2H3;3-4H2,1-2H3,(H,5,6)/q+1;. The van der Waals surface area contributed by atoms with E-state index in [-0.39, 0.29) is 13.2 Å². The number of nitrogens with zero attached hydrogens (tertiary/aromatic N) is 2. The highest BCUT2D eigenvalue weighted by atomic mass is 31.2. The van der Waals surface area contributed by atoms with Gasteiger partial charge >= 0.3 is 7.82 Å². The lowest BCUT2D eigenvalue weighted by Gasteiger charge is -2.07. The van der Waals surface area contributed by atoms with Crippen molar-refractivity contribution < 1.29 is 23.1 Å². The van der Waals surface area contributed by atoms with E-state index >= 15 is 0 Å². The minimum absolute atomic E-state index is 0.188. The number of hydrogen-bond donors (Lipinski definition) is 1. The highest BCUT2D eigenvalue weighted by Crippen LogP contribution is 2.42. The lowest BCUT2D eigenvalue weighted by Crippen LogP contribution is -2.28. The minimum Gasteiger partial charge on any atom is -0.302 e. The summed E-state index contributed by atoms with van der Waals surface area (Å²) in [5.74, 6) is 0. The van der Waals surface area contributed by atoms with E-state index in [2.05, 4.69) is 50.8 Å². The summed E-state index contributed by atoms with van der Waals surface area (Å²) in [6.07, 6.45) is 6.28. The third-order valence-electron chi connectivity index (χ3n) is 2.06. The molecule has 1 N–H and O–H groups in total. The topological polar surface area (TPSA) is 64.6 Å². The molecule has 1 aromatic heterocycles. The fourth-order valence-corrected chi connectivity index (χ4v) is 1.90. The van der Waals surface area contributed by atoms with Crippen LogP contribution in [0.25, 0.3) is 0 Å². The van der Waals surface area contributed by atoms with Gasteiger partial charge in [0.05, 0.1) is 26.3 Å². The van der Waals surface area contributed by atoms with Crippen LogP contribution in [0.5, 0.6) is 0 Å². The van der Waals surface area contributed by atoms with Crippen LogP contribution >= 0.6 is 7.82 Å². The molecular formula is C11H24N2O4P+. The fourth-order valence-electron chi connectivity index (χ4n) is 1.18. The third kappa shape index (κ3) is 7.61.